The molecule has 3 rings (SSSR count). The van der Waals surface area contributed by atoms with Gasteiger partial charge in [0.15, 0.2) is 0 Å². The average Bonchev–Trinajstić information content (AvgIpc) is 2.80. The number of halogens is 2. The molecule has 0 aliphatic carbocycles. The summed E-state index contributed by atoms with van der Waals surface area (Å²) in [4.78, 5) is 35.8. The SMILES string of the molecule is O=C1C(Cl)=C(Nc2ccc(Cl)cc2)C(=O)N1c1ccc([N+](=O)[O-])cc1. The van der Waals surface area contributed by atoms with E-state index in [0.29, 0.717) is 10.7 Å². The molecule has 0 spiro atoms. The van der Waals surface area contributed by atoms with Crippen molar-refractivity contribution < 1.29 is 14.5 Å². The Hall–Kier alpha value is -2.90. The fraction of sp³-hybridized carbons (Fsp3) is 0. The van der Waals surface area contributed by atoms with Crippen molar-refractivity contribution in [1.82, 2.24) is 0 Å². The summed E-state index contributed by atoms with van der Waals surface area (Å²) in [6.07, 6.45) is 0. The molecule has 7 nitrogen and oxygen atoms in total. The molecule has 0 saturated carbocycles. The van der Waals surface area contributed by atoms with Gasteiger partial charge in [-0.25, -0.2) is 4.90 Å². The van der Waals surface area contributed by atoms with Crippen LogP contribution in [0.5, 0.6) is 0 Å². The smallest absolute Gasteiger partial charge is 0.283 e. The summed E-state index contributed by atoms with van der Waals surface area (Å²) in [5.41, 5.74) is 0.490. The van der Waals surface area contributed by atoms with Crippen molar-refractivity contribution in [3.05, 3.63) is 74.4 Å². The molecule has 0 atom stereocenters. The van der Waals surface area contributed by atoms with E-state index in [0.717, 1.165) is 4.90 Å². The zero-order valence-corrected chi connectivity index (χ0v) is 13.9. The van der Waals surface area contributed by atoms with Crippen LogP contribution in [0.25, 0.3) is 0 Å². The van der Waals surface area contributed by atoms with Crippen LogP contribution < -0.4 is 10.2 Å². The van der Waals surface area contributed by atoms with E-state index in [1.165, 1.54) is 24.3 Å². The van der Waals surface area contributed by atoms with Crippen molar-refractivity contribution in [2.45, 2.75) is 0 Å². The fourth-order valence-corrected chi connectivity index (χ4v) is 2.59. The molecule has 2 aromatic rings. The van der Waals surface area contributed by atoms with E-state index in [4.69, 9.17) is 23.2 Å². The molecule has 0 fully saturated rings. The van der Waals surface area contributed by atoms with E-state index in [-0.39, 0.29) is 22.1 Å². The van der Waals surface area contributed by atoms with E-state index in [1.54, 1.807) is 24.3 Å². The van der Waals surface area contributed by atoms with Crippen molar-refractivity contribution in [3.8, 4) is 0 Å². The number of nitro benzene ring substituents is 1. The van der Waals surface area contributed by atoms with Crippen molar-refractivity contribution in [2.24, 2.45) is 0 Å². The van der Waals surface area contributed by atoms with Crippen LogP contribution in [-0.2, 0) is 9.59 Å². The molecular weight excluding hydrogens is 369 g/mol. The molecular formula is C16H9Cl2N3O4. The summed E-state index contributed by atoms with van der Waals surface area (Å²) in [6.45, 7) is 0. The normalized spacial score (nSPS) is 14.2. The second kappa shape index (κ2) is 6.54. The Morgan fingerprint density at radius 3 is 2.08 bits per heavy atom. The molecule has 1 aliphatic rings. The summed E-state index contributed by atoms with van der Waals surface area (Å²) in [6, 6.07) is 11.5. The summed E-state index contributed by atoms with van der Waals surface area (Å²) in [5.74, 6) is -1.37. The third kappa shape index (κ3) is 3.19. The number of carbonyl (C=O) groups is 2. The van der Waals surface area contributed by atoms with Crippen LogP contribution in [0, 0.1) is 10.1 Å². The van der Waals surface area contributed by atoms with E-state index in [2.05, 4.69) is 5.32 Å². The molecule has 0 radical (unpaired) electrons. The van der Waals surface area contributed by atoms with Gasteiger partial charge >= 0.3 is 0 Å². The minimum absolute atomic E-state index is 0.0765. The number of hydrogen-bond donors (Lipinski definition) is 1. The first-order valence-corrected chi connectivity index (χ1v) is 7.69. The molecule has 0 saturated heterocycles. The van der Waals surface area contributed by atoms with Crippen LogP contribution in [0.4, 0.5) is 17.1 Å². The van der Waals surface area contributed by atoms with Gasteiger partial charge in [0.05, 0.1) is 10.6 Å². The molecule has 0 aromatic heterocycles. The number of nitrogens with zero attached hydrogens (tertiary/aromatic N) is 2. The molecule has 126 valence electrons. The minimum Gasteiger partial charge on any atom is -0.350 e. The maximum atomic E-state index is 12.6. The molecule has 25 heavy (non-hydrogen) atoms. The first kappa shape index (κ1) is 16.9. The number of imide groups is 1. The number of hydrogen-bond acceptors (Lipinski definition) is 5. The first-order valence-electron chi connectivity index (χ1n) is 6.94. The molecule has 9 heteroatoms. The van der Waals surface area contributed by atoms with Crippen molar-refractivity contribution >= 4 is 52.1 Å². The second-order valence-corrected chi connectivity index (χ2v) is 5.85. The highest BCUT2D eigenvalue weighted by Crippen LogP contribution is 2.31. The van der Waals surface area contributed by atoms with Crippen LogP contribution >= 0.6 is 23.2 Å². The zero-order valence-electron chi connectivity index (χ0n) is 12.4. The molecule has 2 aromatic carbocycles. The second-order valence-electron chi connectivity index (χ2n) is 5.04. The molecule has 0 unspecified atom stereocenters. The molecule has 0 bridgehead atoms. The van der Waals surface area contributed by atoms with Crippen molar-refractivity contribution in [2.75, 3.05) is 10.2 Å². The highest BCUT2D eigenvalue weighted by molar-refractivity contribution is 6.53. The van der Waals surface area contributed by atoms with E-state index in [9.17, 15) is 19.7 Å². The highest BCUT2D eigenvalue weighted by atomic mass is 35.5. The van der Waals surface area contributed by atoms with Crippen molar-refractivity contribution in [3.63, 3.8) is 0 Å². The lowest BCUT2D eigenvalue weighted by Crippen LogP contribution is -2.32. The Morgan fingerprint density at radius 2 is 1.52 bits per heavy atom. The number of benzene rings is 2. The Morgan fingerprint density at radius 1 is 0.920 bits per heavy atom. The topological polar surface area (TPSA) is 92.6 Å². The monoisotopic (exact) mass is 377 g/mol. The summed E-state index contributed by atoms with van der Waals surface area (Å²) >= 11 is 11.8. The van der Waals surface area contributed by atoms with Crippen LogP contribution in [0.1, 0.15) is 0 Å². The quantitative estimate of drug-likeness (QED) is 0.498. The molecule has 1 N–H and O–H groups in total. The van der Waals surface area contributed by atoms with Crippen LogP contribution in [0.2, 0.25) is 5.02 Å². The number of rotatable bonds is 4. The van der Waals surface area contributed by atoms with Gasteiger partial charge in [0.25, 0.3) is 17.5 Å². The Labute approximate surface area is 151 Å². The van der Waals surface area contributed by atoms with Gasteiger partial charge in [-0.2, -0.15) is 0 Å². The lowest BCUT2D eigenvalue weighted by atomic mass is 10.2. The van der Waals surface area contributed by atoms with Gasteiger partial charge < -0.3 is 5.32 Å². The van der Waals surface area contributed by atoms with E-state index in [1.807, 2.05) is 0 Å². The number of carbonyl (C=O) groups excluding carboxylic acids is 2. The van der Waals surface area contributed by atoms with Crippen LogP contribution in [0.3, 0.4) is 0 Å². The first-order chi connectivity index (χ1) is 11.9. The minimum atomic E-state index is -0.711. The third-order valence-corrected chi connectivity index (χ3v) is 4.06. The number of non-ortho nitro benzene ring substituents is 1. The summed E-state index contributed by atoms with van der Waals surface area (Å²) < 4.78 is 0. The van der Waals surface area contributed by atoms with Gasteiger partial charge in [0.2, 0.25) is 0 Å². The maximum absolute atomic E-state index is 12.6. The fourth-order valence-electron chi connectivity index (χ4n) is 2.25. The zero-order chi connectivity index (χ0) is 18.1. The molecule has 1 aliphatic heterocycles. The highest BCUT2D eigenvalue weighted by Gasteiger charge is 2.39. The van der Waals surface area contributed by atoms with Crippen LogP contribution in [0.15, 0.2) is 59.3 Å². The van der Waals surface area contributed by atoms with Gasteiger partial charge in [-0.05, 0) is 36.4 Å². The van der Waals surface area contributed by atoms with E-state index >= 15 is 0 Å². The lowest BCUT2D eigenvalue weighted by Gasteiger charge is -2.14. The van der Waals surface area contributed by atoms with Gasteiger partial charge in [0.1, 0.15) is 10.7 Å². The average molecular weight is 378 g/mol. The number of nitrogens with one attached hydrogen (secondary N) is 1. The Balaban J connectivity index is 1.88. The summed E-state index contributed by atoms with van der Waals surface area (Å²) in [5, 5.41) is 13.8. The standard InChI is InChI=1S/C16H9Cl2N3O4/c17-9-1-3-10(4-2-9)19-14-13(18)15(22)20(16(14)23)11-5-7-12(8-6-11)21(24)25/h1-8,19H. The number of nitro groups is 1. The van der Waals surface area contributed by atoms with Gasteiger partial charge in [-0.3, -0.25) is 19.7 Å². The third-order valence-electron chi connectivity index (χ3n) is 3.46. The lowest BCUT2D eigenvalue weighted by molar-refractivity contribution is -0.384. The Kier molecular flexibility index (Phi) is 4.43. The largest absolute Gasteiger partial charge is 0.350 e. The Bertz CT molecular complexity index is 908. The maximum Gasteiger partial charge on any atom is 0.283 e. The van der Waals surface area contributed by atoms with Gasteiger partial charge in [-0.1, -0.05) is 23.2 Å². The molecule has 2 amide bonds. The van der Waals surface area contributed by atoms with Crippen LogP contribution in [-0.4, -0.2) is 16.7 Å². The number of amides is 2. The predicted molar refractivity (Wildman–Crippen MR) is 93.5 cm³/mol. The van der Waals surface area contributed by atoms with Gasteiger partial charge in [-0.15, -0.1) is 0 Å². The summed E-state index contributed by atoms with van der Waals surface area (Å²) in [7, 11) is 0. The van der Waals surface area contributed by atoms with Gasteiger partial charge in [0, 0.05) is 22.8 Å². The molecule has 1 heterocycles. The van der Waals surface area contributed by atoms with Crippen molar-refractivity contribution in [1.29, 1.82) is 0 Å². The predicted octanol–water partition coefficient (Wildman–Crippen LogP) is 3.68. The van der Waals surface area contributed by atoms with E-state index < -0.39 is 16.7 Å². The number of anilines is 2.